The van der Waals surface area contributed by atoms with E-state index in [2.05, 4.69) is 12.2 Å². The molecule has 0 heterocycles. The molecule has 0 bridgehead atoms. The predicted octanol–water partition coefficient (Wildman–Crippen LogP) is 3.43. The van der Waals surface area contributed by atoms with Gasteiger partial charge in [-0.1, -0.05) is 31.5 Å². The third-order valence-corrected chi connectivity index (χ3v) is 3.72. The predicted molar refractivity (Wildman–Crippen MR) is 66.5 cm³/mol. The fourth-order valence-corrected chi connectivity index (χ4v) is 2.21. The molecular weight excluding hydrogens is 287 g/mol. The van der Waals surface area contributed by atoms with E-state index in [1.165, 1.54) is 6.42 Å². The molecule has 0 saturated heterocycles. The summed E-state index contributed by atoms with van der Waals surface area (Å²) < 4.78 is 0. The van der Waals surface area contributed by atoms with Crippen LogP contribution in [0, 0.1) is 19.3 Å². The Morgan fingerprint density at radius 3 is 2.18 bits per heavy atom. The van der Waals surface area contributed by atoms with Gasteiger partial charge in [-0.25, -0.2) is 0 Å². The normalized spacial score (nSPS) is 16.6. The number of anilines is 1. The molecule has 0 unspecified atom stereocenters. The molecule has 0 spiro atoms. The van der Waals surface area contributed by atoms with Crippen LogP contribution in [0.15, 0.2) is 18.2 Å². The zero-order valence-corrected chi connectivity index (χ0v) is 13.7. The topological polar surface area (TPSA) is 29.1 Å². The zero-order valence-electron chi connectivity index (χ0n) is 10.8. The van der Waals surface area contributed by atoms with Gasteiger partial charge in [0, 0.05) is 43.8 Å². The summed E-state index contributed by atoms with van der Waals surface area (Å²) in [4.78, 5) is 12.1. The third kappa shape index (κ3) is 2.97. The average molecular weight is 306 g/mol. The van der Waals surface area contributed by atoms with Crippen molar-refractivity contribution in [2.75, 3.05) is 5.32 Å². The Labute approximate surface area is 128 Å². The maximum Gasteiger partial charge on any atom is 0.230 e. The van der Waals surface area contributed by atoms with Gasteiger partial charge in [0.2, 0.25) is 5.91 Å². The monoisotopic (exact) mass is 306 g/mol. The van der Waals surface area contributed by atoms with Crippen LogP contribution in [-0.4, -0.2) is 5.91 Å². The molecule has 1 fully saturated rings. The van der Waals surface area contributed by atoms with E-state index in [-0.39, 0.29) is 44.0 Å². The summed E-state index contributed by atoms with van der Waals surface area (Å²) in [5.74, 6) is 0.177. The average Bonchev–Trinajstić information content (AvgIpc) is 2.20. The Balaban J connectivity index is 0.00000144. The molecule has 89 valence electrons. The van der Waals surface area contributed by atoms with Gasteiger partial charge in [0.15, 0.2) is 0 Å². The van der Waals surface area contributed by atoms with Gasteiger partial charge < -0.3 is 5.32 Å². The van der Waals surface area contributed by atoms with E-state index in [1.54, 1.807) is 0 Å². The van der Waals surface area contributed by atoms with Gasteiger partial charge in [-0.3, -0.25) is 4.79 Å². The summed E-state index contributed by atoms with van der Waals surface area (Å²) in [6.07, 6.45) is 3.21. The second kappa shape index (κ2) is 5.62. The number of benzene rings is 1. The molecule has 0 atom stereocenters. The molecule has 2 rings (SSSR count). The van der Waals surface area contributed by atoms with Crippen LogP contribution in [0.2, 0.25) is 0 Å². The second-order valence-corrected chi connectivity index (χ2v) is 5.14. The third-order valence-electron chi connectivity index (χ3n) is 3.72. The van der Waals surface area contributed by atoms with Crippen molar-refractivity contribution < 1.29 is 37.5 Å². The second-order valence-electron chi connectivity index (χ2n) is 5.14. The van der Waals surface area contributed by atoms with Gasteiger partial charge in [0.1, 0.15) is 0 Å². The van der Waals surface area contributed by atoms with E-state index in [1.807, 2.05) is 32.0 Å². The minimum atomic E-state index is -0.130. The molecular formula is C14H19NOY. The Hall–Kier alpha value is -0.206. The standard InChI is InChI=1S/C14H19NO.Y/c1-10-6-4-7-11(2)12(10)15-13(16)14(3)8-5-9-14;/h4,6-7H,5,8-9H2,1-3H3,(H,15,16);. The molecule has 1 aliphatic rings. The van der Waals surface area contributed by atoms with Crippen molar-refractivity contribution in [2.24, 2.45) is 5.41 Å². The first-order valence-electron chi connectivity index (χ1n) is 5.91. The van der Waals surface area contributed by atoms with Crippen molar-refractivity contribution in [3.05, 3.63) is 29.3 Å². The zero-order chi connectivity index (χ0) is 11.8. The number of carbonyl (C=O) groups excluding carboxylic acids is 1. The number of aryl methyl sites for hydroxylation is 2. The van der Waals surface area contributed by atoms with Crippen molar-refractivity contribution in [2.45, 2.75) is 40.0 Å². The minimum absolute atomic E-state index is 0. The van der Waals surface area contributed by atoms with Crippen LogP contribution in [0.25, 0.3) is 0 Å². The molecule has 17 heavy (non-hydrogen) atoms. The van der Waals surface area contributed by atoms with Gasteiger partial charge in [-0.15, -0.1) is 0 Å². The van der Waals surface area contributed by atoms with Crippen LogP contribution in [0.4, 0.5) is 5.69 Å². The van der Waals surface area contributed by atoms with Gasteiger partial charge >= 0.3 is 0 Å². The van der Waals surface area contributed by atoms with Crippen LogP contribution in [-0.2, 0) is 37.5 Å². The van der Waals surface area contributed by atoms with Gasteiger partial charge in [0.05, 0.1) is 0 Å². The summed E-state index contributed by atoms with van der Waals surface area (Å²) in [5, 5.41) is 3.08. The quantitative estimate of drug-likeness (QED) is 0.891. The number of nitrogens with one attached hydrogen (secondary N) is 1. The van der Waals surface area contributed by atoms with Gasteiger partial charge in [0.25, 0.3) is 0 Å². The summed E-state index contributed by atoms with van der Waals surface area (Å²) in [5.41, 5.74) is 3.13. The maximum absolute atomic E-state index is 12.1. The van der Waals surface area contributed by atoms with E-state index in [0.717, 1.165) is 29.7 Å². The van der Waals surface area contributed by atoms with Crippen LogP contribution in [0.1, 0.15) is 37.3 Å². The Morgan fingerprint density at radius 1 is 1.24 bits per heavy atom. The van der Waals surface area contributed by atoms with Crippen LogP contribution in [0.5, 0.6) is 0 Å². The first-order chi connectivity index (χ1) is 7.53. The van der Waals surface area contributed by atoms with E-state index in [4.69, 9.17) is 0 Å². The molecule has 2 nitrogen and oxygen atoms in total. The molecule has 1 aliphatic carbocycles. The van der Waals surface area contributed by atoms with E-state index < -0.39 is 0 Å². The molecule has 1 N–H and O–H groups in total. The number of hydrogen-bond acceptors (Lipinski definition) is 1. The van der Waals surface area contributed by atoms with Gasteiger partial charge in [-0.05, 0) is 37.8 Å². The molecule has 1 amide bonds. The first-order valence-corrected chi connectivity index (χ1v) is 5.91. The number of para-hydroxylation sites is 1. The van der Waals surface area contributed by atoms with Crippen molar-refractivity contribution in [1.29, 1.82) is 0 Å². The molecule has 0 aliphatic heterocycles. The maximum atomic E-state index is 12.1. The van der Waals surface area contributed by atoms with E-state index in [0.29, 0.717) is 0 Å². The van der Waals surface area contributed by atoms with Crippen LogP contribution >= 0.6 is 0 Å². The number of carbonyl (C=O) groups is 1. The summed E-state index contributed by atoms with van der Waals surface area (Å²) in [7, 11) is 0. The summed E-state index contributed by atoms with van der Waals surface area (Å²) >= 11 is 0. The Bertz CT molecular complexity index is 404. The number of hydrogen-bond donors (Lipinski definition) is 1. The Morgan fingerprint density at radius 2 is 1.76 bits per heavy atom. The van der Waals surface area contributed by atoms with Crippen LogP contribution < -0.4 is 5.32 Å². The number of rotatable bonds is 2. The van der Waals surface area contributed by atoms with Crippen molar-refractivity contribution in [3.63, 3.8) is 0 Å². The molecule has 0 aromatic heterocycles. The molecule has 3 heteroatoms. The first kappa shape index (κ1) is 14.9. The Kier molecular flexibility index (Phi) is 4.91. The fourth-order valence-electron chi connectivity index (χ4n) is 2.21. The fraction of sp³-hybridized carbons (Fsp3) is 0.500. The van der Waals surface area contributed by atoms with Crippen LogP contribution in [0.3, 0.4) is 0 Å². The summed E-state index contributed by atoms with van der Waals surface area (Å²) in [6.45, 7) is 6.12. The smallest absolute Gasteiger partial charge is 0.230 e. The van der Waals surface area contributed by atoms with Crippen molar-refractivity contribution in [1.82, 2.24) is 0 Å². The summed E-state index contributed by atoms with van der Waals surface area (Å²) in [6, 6.07) is 6.09. The van der Waals surface area contributed by atoms with E-state index >= 15 is 0 Å². The minimum Gasteiger partial charge on any atom is -0.325 e. The largest absolute Gasteiger partial charge is 0.325 e. The molecule has 1 aromatic rings. The van der Waals surface area contributed by atoms with E-state index in [9.17, 15) is 4.79 Å². The molecule has 1 aromatic carbocycles. The number of amides is 1. The van der Waals surface area contributed by atoms with Crippen molar-refractivity contribution in [3.8, 4) is 0 Å². The SMILES string of the molecule is Cc1cccc(C)c1NC(=O)C1(C)CCC1.[Y]. The van der Waals surface area contributed by atoms with Gasteiger partial charge in [-0.2, -0.15) is 0 Å². The molecule has 1 radical (unpaired) electrons. The van der Waals surface area contributed by atoms with Crippen molar-refractivity contribution >= 4 is 11.6 Å². The molecule has 1 saturated carbocycles.